The summed E-state index contributed by atoms with van der Waals surface area (Å²) in [5, 5.41) is 33.6. The van der Waals surface area contributed by atoms with Crippen LogP contribution in [-0.2, 0) is 0 Å². The van der Waals surface area contributed by atoms with Crippen molar-refractivity contribution in [3.05, 3.63) is 0 Å². The summed E-state index contributed by atoms with van der Waals surface area (Å²) in [5.41, 5.74) is 0. The van der Waals surface area contributed by atoms with Crippen LogP contribution in [0.5, 0.6) is 0 Å². The van der Waals surface area contributed by atoms with Crippen LogP contribution in [0, 0.1) is 0 Å². The summed E-state index contributed by atoms with van der Waals surface area (Å²) in [5.74, 6) is 0. The molecule has 0 aliphatic carbocycles. The molecule has 0 amide bonds. The van der Waals surface area contributed by atoms with Gasteiger partial charge >= 0.3 is 0 Å². The molecule has 0 aromatic carbocycles. The van der Waals surface area contributed by atoms with Crippen molar-refractivity contribution in [2.45, 2.75) is 12.8 Å². The maximum absolute atomic E-state index is 3.42. The lowest BCUT2D eigenvalue weighted by atomic mass is 10.3. The lowest BCUT2D eigenvalue weighted by molar-refractivity contribution is 0.530. The van der Waals surface area contributed by atoms with Gasteiger partial charge < -0.3 is 53.2 Å². The fourth-order valence-electron chi connectivity index (χ4n) is 3.34. The van der Waals surface area contributed by atoms with Crippen LogP contribution < -0.4 is 53.2 Å². The molecule has 0 unspecified atom stereocenters. The molecule has 0 saturated carbocycles. The number of rotatable bonds is 0. The second kappa shape index (κ2) is 26.8. The van der Waals surface area contributed by atoms with E-state index in [2.05, 4.69) is 53.2 Å². The van der Waals surface area contributed by atoms with Crippen molar-refractivity contribution >= 4 is 0 Å². The fraction of sp³-hybridized carbons (Fsp3) is 1.00. The van der Waals surface area contributed by atoms with Gasteiger partial charge in [-0.1, -0.05) is 0 Å². The third-order valence-electron chi connectivity index (χ3n) is 5.24. The summed E-state index contributed by atoms with van der Waals surface area (Å²) in [7, 11) is 0. The summed E-state index contributed by atoms with van der Waals surface area (Å²) in [6.45, 7) is 22.0. The highest BCUT2D eigenvalue weighted by molar-refractivity contribution is 4.61. The smallest absolute Gasteiger partial charge is 0.00772 e. The highest BCUT2D eigenvalue weighted by atomic mass is 15.0. The van der Waals surface area contributed by atoms with Crippen LogP contribution in [0.25, 0.3) is 0 Å². The topological polar surface area (TPSA) is 120 Å². The van der Waals surface area contributed by atoms with Gasteiger partial charge in [-0.05, 0) is 39.0 Å². The highest BCUT2D eigenvalue weighted by Crippen LogP contribution is 1.76. The van der Waals surface area contributed by atoms with Gasteiger partial charge in [-0.2, -0.15) is 0 Å². The zero-order valence-corrected chi connectivity index (χ0v) is 20.6. The first-order valence-corrected chi connectivity index (χ1v) is 13.1. The third kappa shape index (κ3) is 24.2. The normalized spacial score (nSPS) is 24.0. The van der Waals surface area contributed by atoms with E-state index in [-0.39, 0.29) is 0 Å². The molecule has 32 heavy (non-hydrogen) atoms. The Morgan fingerprint density at radius 3 is 0.438 bits per heavy atom. The first-order valence-electron chi connectivity index (χ1n) is 13.1. The van der Waals surface area contributed by atoms with Crippen LogP contribution in [0.1, 0.15) is 12.8 Å². The first kappa shape index (κ1) is 29.6. The first-order chi connectivity index (χ1) is 16.0. The van der Waals surface area contributed by atoms with E-state index in [0.717, 1.165) is 131 Å². The van der Waals surface area contributed by atoms with E-state index in [1.165, 1.54) is 12.8 Å². The SMILES string of the molecule is C1CNCCN1.C1CNCCNCCCNCCNC1.C1CNCCNCCNCCN1. The van der Waals surface area contributed by atoms with Gasteiger partial charge in [0.05, 0.1) is 0 Å². The molecule has 0 aromatic heterocycles. The van der Waals surface area contributed by atoms with E-state index in [4.69, 9.17) is 0 Å². The number of hydrogen-bond acceptors (Lipinski definition) is 10. The number of piperazine rings is 1. The Morgan fingerprint density at radius 1 is 0.156 bits per heavy atom. The minimum Gasteiger partial charge on any atom is -0.315 e. The summed E-state index contributed by atoms with van der Waals surface area (Å²) < 4.78 is 0. The van der Waals surface area contributed by atoms with E-state index < -0.39 is 0 Å². The van der Waals surface area contributed by atoms with E-state index in [1.54, 1.807) is 0 Å². The molecule has 3 fully saturated rings. The largest absolute Gasteiger partial charge is 0.315 e. The standard InChI is InChI=1S/C10H24N4.C8H20N4.C4H10N2/c1-3-11-7-9-13-5-2-6-14-10-8-12-4-1;1-2-10-5-6-12-8-7-11-4-3-9-1;1-2-6-4-3-5-1/h11-14H,1-10H2;9-12H,1-8H2;5-6H,1-4H2. The zero-order chi connectivity index (χ0) is 22.6. The van der Waals surface area contributed by atoms with Gasteiger partial charge in [0.1, 0.15) is 0 Å². The monoisotopic (exact) mass is 458 g/mol. The highest BCUT2D eigenvalue weighted by Gasteiger charge is 1.94. The second-order valence-corrected chi connectivity index (χ2v) is 8.21. The van der Waals surface area contributed by atoms with Crippen molar-refractivity contribution in [3.8, 4) is 0 Å². The lowest BCUT2D eigenvalue weighted by Gasteiger charge is -2.11. The Hall–Kier alpha value is -0.400. The lowest BCUT2D eigenvalue weighted by Crippen LogP contribution is -2.39. The van der Waals surface area contributed by atoms with Gasteiger partial charge in [-0.3, -0.25) is 0 Å². The molecule has 10 nitrogen and oxygen atoms in total. The summed E-state index contributed by atoms with van der Waals surface area (Å²) in [6.07, 6.45) is 2.44. The van der Waals surface area contributed by atoms with Crippen LogP contribution in [0.3, 0.4) is 0 Å². The van der Waals surface area contributed by atoms with Gasteiger partial charge in [0.25, 0.3) is 0 Å². The van der Waals surface area contributed by atoms with Crippen LogP contribution in [0.4, 0.5) is 0 Å². The fourth-order valence-corrected chi connectivity index (χ4v) is 3.34. The Balaban J connectivity index is 0.000000257. The molecule has 0 aromatic rings. The molecule has 3 aliphatic heterocycles. The van der Waals surface area contributed by atoms with Crippen molar-refractivity contribution in [2.75, 3.05) is 131 Å². The minimum atomic E-state index is 1.07. The van der Waals surface area contributed by atoms with Gasteiger partial charge in [0.2, 0.25) is 0 Å². The quantitative estimate of drug-likeness (QED) is 0.181. The van der Waals surface area contributed by atoms with Crippen molar-refractivity contribution in [1.82, 2.24) is 53.2 Å². The van der Waals surface area contributed by atoms with Crippen molar-refractivity contribution in [1.29, 1.82) is 0 Å². The van der Waals surface area contributed by atoms with Gasteiger partial charge in [0, 0.05) is 105 Å². The molecule has 10 heteroatoms. The molecule has 3 saturated heterocycles. The molecule has 0 radical (unpaired) electrons. The van der Waals surface area contributed by atoms with Crippen molar-refractivity contribution < 1.29 is 0 Å². The molecule has 3 aliphatic rings. The Morgan fingerprint density at radius 2 is 0.281 bits per heavy atom. The maximum atomic E-state index is 3.42. The third-order valence-corrected chi connectivity index (χ3v) is 5.24. The van der Waals surface area contributed by atoms with E-state index in [1.807, 2.05) is 0 Å². The summed E-state index contributed by atoms with van der Waals surface area (Å²) >= 11 is 0. The van der Waals surface area contributed by atoms with Crippen molar-refractivity contribution in [3.63, 3.8) is 0 Å². The van der Waals surface area contributed by atoms with Gasteiger partial charge in [0.15, 0.2) is 0 Å². The molecule has 0 spiro atoms. The average Bonchev–Trinajstić information content (AvgIpc) is 2.83. The maximum Gasteiger partial charge on any atom is 0.00772 e. The molecule has 0 bridgehead atoms. The summed E-state index contributed by atoms with van der Waals surface area (Å²) in [4.78, 5) is 0. The van der Waals surface area contributed by atoms with Crippen LogP contribution in [0.15, 0.2) is 0 Å². The second-order valence-electron chi connectivity index (χ2n) is 8.21. The average molecular weight is 459 g/mol. The Kier molecular flexibility index (Phi) is 24.9. The molecular formula is C22H54N10. The molecule has 192 valence electrons. The Bertz CT molecular complexity index is 237. The van der Waals surface area contributed by atoms with E-state index >= 15 is 0 Å². The Labute approximate surface area is 197 Å². The molecule has 0 atom stereocenters. The zero-order valence-electron chi connectivity index (χ0n) is 20.6. The van der Waals surface area contributed by atoms with Crippen molar-refractivity contribution in [2.24, 2.45) is 0 Å². The van der Waals surface area contributed by atoms with E-state index in [9.17, 15) is 0 Å². The van der Waals surface area contributed by atoms with Gasteiger partial charge in [-0.25, -0.2) is 0 Å². The van der Waals surface area contributed by atoms with Gasteiger partial charge in [-0.15, -0.1) is 0 Å². The number of hydrogen-bond donors (Lipinski definition) is 10. The molecular weight excluding hydrogens is 404 g/mol. The van der Waals surface area contributed by atoms with Crippen LogP contribution in [0.2, 0.25) is 0 Å². The predicted octanol–water partition coefficient (Wildman–Crippen LogP) is -3.32. The van der Waals surface area contributed by atoms with E-state index in [0.29, 0.717) is 0 Å². The molecule has 3 rings (SSSR count). The molecule has 3 heterocycles. The van der Waals surface area contributed by atoms with Crippen LogP contribution in [-0.4, -0.2) is 131 Å². The predicted molar refractivity (Wildman–Crippen MR) is 138 cm³/mol. The molecule has 10 N–H and O–H groups in total. The van der Waals surface area contributed by atoms with Crippen LogP contribution >= 0.6 is 0 Å². The number of nitrogens with one attached hydrogen (secondary N) is 10. The minimum absolute atomic E-state index is 1.07. The summed E-state index contributed by atoms with van der Waals surface area (Å²) in [6, 6.07) is 0.